The molecule has 2 aromatic rings. The molecule has 1 aliphatic heterocycles. The Bertz CT molecular complexity index is 792. The molecule has 7 heteroatoms. The van der Waals surface area contributed by atoms with E-state index in [9.17, 15) is 18.0 Å². The van der Waals surface area contributed by atoms with Gasteiger partial charge in [0.1, 0.15) is 0 Å². The fourth-order valence-corrected chi connectivity index (χ4v) is 2.71. The van der Waals surface area contributed by atoms with Crippen molar-refractivity contribution in [2.75, 3.05) is 6.54 Å². The highest BCUT2D eigenvalue weighted by Crippen LogP contribution is 2.31. The van der Waals surface area contributed by atoms with Crippen molar-refractivity contribution in [1.82, 2.24) is 15.1 Å². The molecule has 24 heavy (non-hydrogen) atoms. The van der Waals surface area contributed by atoms with Crippen molar-refractivity contribution in [2.24, 2.45) is 0 Å². The number of aromatic amines is 1. The van der Waals surface area contributed by atoms with Gasteiger partial charge in [0.15, 0.2) is 0 Å². The van der Waals surface area contributed by atoms with Crippen LogP contribution in [-0.2, 0) is 23.9 Å². The molecule has 2 heterocycles. The number of amides is 1. The zero-order chi connectivity index (χ0) is 17.3. The monoisotopic (exact) mass is 335 g/mol. The average Bonchev–Trinajstić information content (AvgIpc) is 3.01. The molecular formula is C17H16F3N3O. The second-order valence-electron chi connectivity index (χ2n) is 5.79. The number of H-pyrrole nitrogens is 1. The molecule has 1 amide bonds. The highest BCUT2D eigenvalue weighted by molar-refractivity contribution is 5.95. The Hall–Kier alpha value is -2.57. The molecule has 1 aromatic heterocycles. The van der Waals surface area contributed by atoms with Gasteiger partial charge in [-0.25, -0.2) is 0 Å². The lowest BCUT2D eigenvalue weighted by atomic mass is 10.0. The quantitative estimate of drug-likeness (QED) is 0.855. The number of carbonyl (C=O) groups is 1. The van der Waals surface area contributed by atoms with Gasteiger partial charge in [-0.15, -0.1) is 0 Å². The van der Waals surface area contributed by atoms with E-state index in [1.54, 1.807) is 24.1 Å². The molecule has 3 rings (SSSR count). The highest BCUT2D eigenvalue weighted by Gasteiger charge is 2.30. The van der Waals surface area contributed by atoms with E-state index < -0.39 is 11.7 Å². The number of hydrogen-bond acceptors (Lipinski definition) is 2. The van der Waals surface area contributed by atoms with Crippen LogP contribution in [0.3, 0.4) is 0 Å². The van der Waals surface area contributed by atoms with Gasteiger partial charge in [0.2, 0.25) is 5.91 Å². The molecule has 0 spiro atoms. The number of benzene rings is 1. The van der Waals surface area contributed by atoms with E-state index in [1.165, 1.54) is 12.1 Å². The summed E-state index contributed by atoms with van der Waals surface area (Å²) in [6.07, 6.45) is -0.624. The third kappa shape index (κ3) is 3.34. The minimum Gasteiger partial charge on any atom is -0.334 e. The number of alkyl halides is 3. The summed E-state index contributed by atoms with van der Waals surface area (Å²) in [6, 6.07) is 4.99. The van der Waals surface area contributed by atoms with E-state index in [4.69, 9.17) is 0 Å². The Morgan fingerprint density at radius 1 is 1.38 bits per heavy atom. The van der Waals surface area contributed by atoms with Gasteiger partial charge >= 0.3 is 6.18 Å². The van der Waals surface area contributed by atoms with Gasteiger partial charge in [0, 0.05) is 36.8 Å². The lowest BCUT2D eigenvalue weighted by molar-refractivity contribution is -0.137. The molecule has 1 aliphatic rings. The molecule has 126 valence electrons. The van der Waals surface area contributed by atoms with Crippen molar-refractivity contribution in [3.63, 3.8) is 0 Å². The van der Waals surface area contributed by atoms with E-state index in [1.807, 2.05) is 0 Å². The van der Waals surface area contributed by atoms with E-state index in [0.29, 0.717) is 30.6 Å². The molecule has 0 unspecified atom stereocenters. The van der Waals surface area contributed by atoms with Gasteiger partial charge in [0.05, 0.1) is 11.8 Å². The fraction of sp³-hybridized carbons (Fsp3) is 0.294. The number of allylic oxidation sites excluding steroid dienone is 1. The molecule has 0 saturated carbocycles. The SMILES string of the molecule is C/C(=C/C(=O)N1CCc2[nH]ncc2C1)c1cccc(C(F)(F)F)c1. The maximum absolute atomic E-state index is 12.8. The first kappa shape index (κ1) is 16.3. The van der Waals surface area contributed by atoms with E-state index in [-0.39, 0.29) is 5.91 Å². The van der Waals surface area contributed by atoms with Gasteiger partial charge in [-0.3, -0.25) is 9.89 Å². The Morgan fingerprint density at radius 3 is 2.92 bits per heavy atom. The maximum Gasteiger partial charge on any atom is 0.416 e. The minimum atomic E-state index is -4.40. The number of fused-ring (bicyclic) bond motifs is 1. The topological polar surface area (TPSA) is 49.0 Å². The predicted molar refractivity (Wildman–Crippen MR) is 82.8 cm³/mol. The van der Waals surface area contributed by atoms with Crippen molar-refractivity contribution in [1.29, 1.82) is 0 Å². The fourth-order valence-electron chi connectivity index (χ4n) is 2.71. The molecule has 1 aromatic carbocycles. The van der Waals surface area contributed by atoms with Crippen LogP contribution < -0.4 is 0 Å². The third-order valence-electron chi connectivity index (χ3n) is 4.10. The molecule has 1 N–H and O–H groups in total. The third-order valence-corrected chi connectivity index (χ3v) is 4.10. The van der Waals surface area contributed by atoms with Gasteiger partial charge < -0.3 is 4.90 Å². The number of hydrogen-bond donors (Lipinski definition) is 1. The Labute approximate surface area is 137 Å². The predicted octanol–water partition coefficient (Wildman–Crippen LogP) is 3.42. The first-order valence-corrected chi connectivity index (χ1v) is 7.50. The average molecular weight is 335 g/mol. The van der Waals surface area contributed by atoms with E-state index >= 15 is 0 Å². The lowest BCUT2D eigenvalue weighted by Crippen LogP contribution is -2.34. The van der Waals surface area contributed by atoms with Crippen LogP contribution in [-0.4, -0.2) is 27.5 Å². The van der Waals surface area contributed by atoms with Crippen LogP contribution >= 0.6 is 0 Å². The summed E-state index contributed by atoms with van der Waals surface area (Å²) in [5.74, 6) is -0.211. The van der Waals surface area contributed by atoms with Crippen LogP contribution in [0.5, 0.6) is 0 Å². The smallest absolute Gasteiger partial charge is 0.334 e. The lowest BCUT2D eigenvalue weighted by Gasteiger charge is -2.25. The van der Waals surface area contributed by atoms with Crippen LogP contribution in [0.15, 0.2) is 36.5 Å². The van der Waals surface area contributed by atoms with Gasteiger partial charge in [-0.05, 0) is 30.2 Å². The van der Waals surface area contributed by atoms with E-state index in [2.05, 4.69) is 10.2 Å². The van der Waals surface area contributed by atoms with Crippen molar-refractivity contribution < 1.29 is 18.0 Å². The Kier molecular flexibility index (Phi) is 4.17. The molecule has 0 radical (unpaired) electrons. The zero-order valence-electron chi connectivity index (χ0n) is 13.0. The molecule has 0 aliphatic carbocycles. The second-order valence-corrected chi connectivity index (χ2v) is 5.79. The summed E-state index contributed by atoms with van der Waals surface area (Å²) in [7, 11) is 0. The molecule has 0 fully saturated rings. The number of rotatable bonds is 2. The van der Waals surface area contributed by atoms with Crippen LogP contribution in [0.2, 0.25) is 0 Å². The largest absolute Gasteiger partial charge is 0.416 e. The van der Waals surface area contributed by atoms with Crippen LogP contribution in [0, 0.1) is 0 Å². The molecular weight excluding hydrogens is 319 g/mol. The molecule has 0 bridgehead atoms. The normalized spacial score (nSPS) is 15.3. The summed E-state index contributed by atoms with van der Waals surface area (Å²) < 4.78 is 38.4. The Balaban J connectivity index is 1.77. The number of aromatic nitrogens is 2. The van der Waals surface area contributed by atoms with Crippen molar-refractivity contribution >= 4 is 11.5 Å². The number of carbonyl (C=O) groups excluding carboxylic acids is 1. The minimum absolute atomic E-state index is 0.211. The van der Waals surface area contributed by atoms with Crippen molar-refractivity contribution in [3.8, 4) is 0 Å². The van der Waals surface area contributed by atoms with E-state index in [0.717, 1.165) is 23.4 Å². The summed E-state index contributed by atoms with van der Waals surface area (Å²) in [6.45, 7) is 2.65. The highest BCUT2D eigenvalue weighted by atomic mass is 19.4. The van der Waals surface area contributed by atoms with Crippen molar-refractivity contribution in [3.05, 3.63) is 58.9 Å². The first-order valence-electron chi connectivity index (χ1n) is 7.50. The number of nitrogens with zero attached hydrogens (tertiary/aromatic N) is 2. The maximum atomic E-state index is 12.8. The molecule has 0 saturated heterocycles. The summed E-state index contributed by atoms with van der Waals surface area (Å²) in [5, 5.41) is 6.85. The van der Waals surface area contributed by atoms with Gasteiger partial charge in [-0.1, -0.05) is 12.1 Å². The summed E-state index contributed by atoms with van der Waals surface area (Å²) >= 11 is 0. The second kappa shape index (κ2) is 6.14. The zero-order valence-corrected chi connectivity index (χ0v) is 13.0. The van der Waals surface area contributed by atoms with Gasteiger partial charge in [-0.2, -0.15) is 18.3 Å². The standard InChI is InChI=1S/C17H16F3N3O/c1-11(12-3-2-4-14(8-12)17(18,19)20)7-16(24)23-6-5-15-13(10-23)9-21-22-15/h2-4,7-9H,5-6,10H2,1H3,(H,21,22)/b11-7-. The summed E-state index contributed by atoms with van der Waals surface area (Å²) in [5.41, 5.74) is 2.17. The first-order chi connectivity index (χ1) is 11.3. The molecule has 0 atom stereocenters. The van der Waals surface area contributed by atoms with Gasteiger partial charge in [0.25, 0.3) is 0 Å². The number of nitrogens with one attached hydrogen (secondary N) is 1. The Morgan fingerprint density at radius 2 is 2.17 bits per heavy atom. The van der Waals surface area contributed by atoms with Crippen molar-refractivity contribution in [2.45, 2.75) is 26.1 Å². The summed E-state index contributed by atoms with van der Waals surface area (Å²) in [4.78, 5) is 14.1. The molecule has 4 nitrogen and oxygen atoms in total. The number of halogens is 3. The van der Waals surface area contributed by atoms with Crippen LogP contribution in [0.1, 0.15) is 29.3 Å². The van der Waals surface area contributed by atoms with Crippen LogP contribution in [0.25, 0.3) is 5.57 Å². The van der Waals surface area contributed by atoms with Crippen LogP contribution in [0.4, 0.5) is 13.2 Å².